The van der Waals surface area contributed by atoms with Gasteiger partial charge in [-0.2, -0.15) is 0 Å². The molecular formula is C12H17ClN2O. The minimum absolute atomic E-state index is 0.342. The molecule has 0 amide bonds. The zero-order valence-electron chi connectivity index (χ0n) is 9.50. The monoisotopic (exact) mass is 240 g/mol. The van der Waals surface area contributed by atoms with E-state index in [-0.39, 0.29) is 0 Å². The van der Waals surface area contributed by atoms with Crippen LogP contribution in [0, 0.1) is 0 Å². The van der Waals surface area contributed by atoms with E-state index in [0.717, 1.165) is 38.3 Å². The Morgan fingerprint density at radius 3 is 3.25 bits per heavy atom. The van der Waals surface area contributed by atoms with Gasteiger partial charge in [-0.1, -0.05) is 17.7 Å². The van der Waals surface area contributed by atoms with Crippen molar-refractivity contribution >= 4 is 11.6 Å². The lowest BCUT2D eigenvalue weighted by Crippen LogP contribution is -2.24. The molecule has 16 heavy (non-hydrogen) atoms. The number of ether oxygens (including phenoxy) is 1. The Labute approximate surface area is 101 Å². The number of aryl methyl sites for hydroxylation is 1. The maximum absolute atomic E-state index is 5.91. The number of aromatic nitrogens is 1. The lowest BCUT2D eigenvalue weighted by atomic mass is 10.2. The molecular weight excluding hydrogens is 224 g/mol. The van der Waals surface area contributed by atoms with Gasteiger partial charge in [-0.15, -0.1) is 0 Å². The van der Waals surface area contributed by atoms with Crippen molar-refractivity contribution in [2.24, 2.45) is 0 Å². The molecule has 0 aromatic carbocycles. The molecule has 1 N–H and O–H groups in total. The molecule has 1 aliphatic carbocycles. The second-order valence-electron chi connectivity index (χ2n) is 3.92. The number of fused-ring (bicyclic) bond motifs is 1. The van der Waals surface area contributed by atoms with Gasteiger partial charge >= 0.3 is 0 Å². The van der Waals surface area contributed by atoms with Gasteiger partial charge in [-0.05, 0) is 31.4 Å². The predicted molar refractivity (Wildman–Crippen MR) is 64.8 cm³/mol. The first-order valence-corrected chi connectivity index (χ1v) is 6.15. The standard InChI is InChI=1S/C12H17ClN2O/c1-2-16-8-7-14-10-5-3-9-4-6-11(13)15-12(9)10/h4,6,10,14H,2-3,5,7-8H2,1H3. The predicted octanol–water partition coefficient (Wildman–Crippen LogP) is 2.35. The molecule has 0 aliphatic heterocycles. The zero-order chi connectivity index (χ0) is 11.4. The highest BCUT2D eigenvalue weighted by atomic mass is 35.5. The number of hydrogen-bond donors (Lipinski definition) is 1. The SMILES string of the molecule is CCOCCNC1CCc2ccc(Cl)nc21. The maximum atomic E-state index is 5.91. The van der Waals surface area contributed by atoms with Crippen LogP contribution in [0.2, 0.25) is 5.15 Å². The van der Waals surface area contributed by atoms with Crippen LogP contribution in [0.4, 0.5) is 0 Å². The summed E-state index contributed by atoms with van der Waals surface area (Å²) < 4.78 is 5.30. The summed E-state index contributed by atoms with van der Waals surface area (Å²) in [7, 11) is 0. The Balaban J connectivity index is 1.92. The van der Waals surface area contributed by atoms with Crippen LogP contribution in [-0.4, -0.2) is 24.7 Å². The molecule has 0 radical (unpaired) electrons. The largest absolute Gasteiger partial charge is 0.380 e. The minimum atomic E-state index is 0.342. The van der Waals surface area contributed by atoms with E-state index in [9.17, 15) is 0 Å². The molecule has 3 nitrogen and oxygen atoms in total. The van der Waals surface area contributed by atoms with Crippen LogP contribution in [0.5, 0.6) is 0 Å². The Hall–Kier alpha value is -0.640. The molecule has 88 valence electrons. The fourth-order valence-electron chi connectivity index (χ4n) is 2.08. The van der Waals surface area contributed by atoms with Gasteiger partial charge in [-0.25, -0.2) is 4.98 Å². The van der Waals surface area contributed by atoms with Crippen molar-refractivity contribution in [3.05, 3.63) is 28.5 Å². The molecule has 1 unspecified atom stereocenters. The highest BCUT2D eigenvalue weighted by molar-refractivity contribution is 6.29. The summed E-state index contributed by atoms with van der Waals surface area (Å²) in [6.07, 6.45) is 2.20. The fraction of sp³-hybridized carbons (Fsp3) is 0.583. The molecule has 4 heteroatoms. The van der Waals surface area contributed by atoms with Gasteiger partial charge in [0, 0.05) is 13.2 Å². The maximum Gasteiger partial charge on any atom is 0.129 e. The van der Waals surface area contributed by atoms with E-state index in [4.69, 9.17) is 16.3 Å². The van der Waals surface area contributed by atoms with Gasteiger partial charge in [0.1, 0.15) is 5.15 Å². The number of nitrogens with one attached hydrogen (secondary N) is 1. The number of hydrogen-bond acceptors (Lipinski definition) is 3. The number of rotatable bonds is 5. The van der Waals surface area contributed by atoms with E-state index in [1.807, 2.05) is 13.0 Å². The Bertz CT molecular complexity index is 357. The smallest absolute Gasteiger partial charge is 0.129 e. The third kappa shape index (κ3) is 2.73. The zero-order valence-corrected chi connectivity index (χ0v) is 10.3. The van der Waals surface area contributed by atoms with Crippen molar-refractivity contribution in [2.75, 3.05) is 19.8 Å². The Morgan fingerprint density at radius 1 is 1.56 bits per heavy atom. The quantitative estimate of drug-likeness (QED) is 0.634. The second-order valence-corrected chi connectivity index (χ2v) is 4.31. The van der Waals surface area contributed by atoms with Gasteiger partial charge < -0.3 is 10.1 Å². The lowest BCUT2D eigenvalue weighted by molar-refractivity contribution is 0.146. The van der Waals surface area contributed by atoms with Crippen molar-refractivity contribution in [2.45, 2.75) is 25.8 Å². The van der Waals surface area contributed by atoms with E-state index in [1.54, 1.807) is 0 Å². The molecule has 0 saturated heterocycles. The average molecular weight is 241 g/mol. The topological polar surface area (TPSA) is 34.1 Å². The van der Waals surface area contributed by atoms with Gasteiger partial charge in [0.25, 0.3) is 0 Å². The highest BCUT2D eigenvalue weighted by Crippen LogP contribution is 2.30. The molecule has 1 aromatic heterocycles. The third-order valence-electron chi connectivity index (χ3n) is 2.85. The molecule has 1 heterocycles. The summed E-state index contributed by atoms with van der Waals surface area (Å²) in [5.41, 5.74) is 2.43. The summed E-state index contributed by atoms with van der Waals surface area (Å²) in [5.74, 6) is 0. The lowest BCUT2D eigenvalue weighted by Gasteiger charge is -2.13. The van der Waals surface area contributed by atoms with Crippen LogP contribution in [0.1, 0.15) is 30.6 Å². The molecule has 1 atom stereocenters. The molecule has 1 aromatic rings. The molecule has 0 bridgehead atoms. The van der Waals surface area contributed by atoms with E-state index < -0.39 is 0 Å². The first-order valence-electron chi connectivity index (χ1n) is 5.77. The van der Waals surface area contributed by atoms with Crippen molar-refractivity contribution in [3.8, 4) is 0 Å². The number of nitrogens with zero attached hydrogens (tertiary/aromatic N) is 1. The summed E-state index contributed by atoms with van der Waals surface area (Å²) in [5, 5.41) is 4.03. The highest BCUT2D eigenvalue weighted by Gasteiger charge is 2.23. The molecule has 2 rings (SSSR count). The summed E-state index contributed by atoms with van der Waals surface area (Å²) in [6.45, 7) is 4.40. The summed E-state index contributed by atoms with van der Waals surface area (Å²) >= 11 is 5.91. The van der Waals surface area contributed by atoms with Crippen LogP contribution in [0.3, 0.4) is 0 Å². The van der Waals surface area contributed by atoms with Crippen LogP contribution < -0.4 is 5.32 Å². The first kappa shape index (κ1) is 11.8. The van der Waals surface area contributed by atoms with Crippen molar-refractivity contribution < 1.29 is 4.74 Å². The van der Waals surface area contributed by atoms with Gasteiger partial charge in [0.05, 0.1) is 18.3 Å². The van der Waals surface area contributed by atoms with E-state index >= 15 is 0 Å². The Kier molecular flexibility index (Phi) is 4.16. The molecule has 1 aliphatic rings. The van der Waals surface area contributed by atoms with Crippen molar-refractivity contribution in [1.82, 2.24) is 10.3 Å². The first-order chi connectivity index (χ1) is 7.81. The summed E-state index contributed by atoms with van der Waals surface area (Å²) in [6, 6.07) is 4.28. The second kappa shape index (κ2) is 5.62. The normalized spacial score (nSPS) is 18.8. The van der Waals surface area contributed by atoms with Crippen molar-refractivity contribution in [1.29, 1.82) is 0 Å². The van der Waals surface area contributed by atoms with Crippen LogP contribution in [0.25, 0.3) is 0 Å². The van der Waals surface area contributed by atoms with Crippen LogP contribution >= 0.6 is 11.6 Å². The number of pyridine rings is 1. The van der Waals surface area contributed by atoms with Crippen LogP contribution in [0.15, 0.2) is 12.1 Å². The molecule has 0 spiro atoms. The summed E-state index contributed by atoms with van der Waals surface area (Å²) in [4.78, 5) is 4.40. The van der Waals surface area contributed by atoms with Gasteiger partial charge in [-0.3, -0.25) is 0 Å². The van der Waals surface area contributed by atoms with Gasteiger partial charge in [0.15, 0.2) is 0 Å². The van der Waals surface area contributed by atoms with Crippen molar-refractivity contribution in [3.63, 3.8) is 0 Å². The van der Waals surface area contributed by atoms with E-state index in [2.05, 4.69) is 16.4 Å². The van der Waals surface area contributed by atoms with Crippen LogP contribution in [-0.2, 0) is 11.2 Å². The fourth-order valence-corrected chi connectivity index (χ4v) is 2.23. The minimum Gasteiger partial charge on any atom is -0.380 e. The molecule has 0 fully saturated rings. The van der Waals surface area contributed by atoms with Gasteiger partial charge in [0.2, 0.25) is 0 Å². The van der Waals surface area contributed by atoms with E-state index in [1.165, 1.54) is 5.56 Å². The third-order valence-corrected chi connectivity index (χ3v) is 3.06. The molecule has 0 saturated carbocycles. The van der Waals surface area contributed by atoms with E-state index in [0.29, 0.717) is 11.2 Å². The average Bonchev–Trinajstić information content (AvgIpc) is 2.67. The Morgan fingerprint density at radius 2 is 2.44 bits per heavy atom. The number of halogens is 1.